The molecule has 5 aromatic rings. The summed E-state index contributed by atoms with van der Waals surface area (Å²) in [6, 6.07) is 25.2. The summed E-state index contributed by atoms with van der Waals surface area (Å²) in [6.45, 7) is 8.73. The predicted octanol–water partition coefficient (Wildman–Crippen LogP) is 7.06. The highest BCUT2D eigenvalue weighted by atomic mass is 16.7. The van der Waals surface area contributed by atoms with Gasteiger partial charge in [0, 0.05) is 40.1 Å². The van der Waals surface area contributed by atoms with Crippen molar-refractivity contribution in [3.05, 3.63) is 112 Å². The normalized spacial score (nSPS) is 11.7. The molecule has 0 unspecified atom stereocenters. The average molecular weight is 517 g/mol. The molecule has 5 rings (SSSR count). The molecule has 4 aromatic carbocycles. The highest BCUT2D eigenvalue weighted by Crippen LogP contribution is 2.33. The van der Waals surface area contributed by atoms with E-state index in [2.05, 4.69) is 14.6 Å². The van der Waals surface area contributed by atoms with E-state index < -0.39 is 5.97 Å². The molecule has 0 amide bonds. The van der Waals surface area contributed by atoms with E-state index >= 15 is 0 Å². The fourth-order valence-electron chi connectivity index (χ4n) is 5.22. The van der Waals surface area contributed by atoms with Crippen molar-refractivity contribution >= 4 is 45.1 Å². The van der Waals surface area contributed by atoms with Crippen LogP contribution in [-0.4, -0.2) is 27.8 Å². The smallest absolute Gasteiger partial charge is 0.318 e. The number of hydrogen-bond acceptors (Lipinski definition) is 5. The molecule has 6 nitrogen and oxygen atoms in total. The Bertz CT molecular complexity index is 1800. The molecule has 0 bridgehead atoms. The minimum absolute atomic E-state index is 0.00714. The van der Waals surface area contributed by atoms with Crippen LogP contribution in [0.3, 0.4) is 0 Å². The van der Waals surface area contributed by atoms with Crippen LogP contribution in [0.5, 0.6) is 0 Å². The Morgan fingerprint density at radius 1 is 0.718 bits per heavy atom. The van der Waals surface area contributed by atoms with Gasteiger partial charge in [0.2, 0.25) is 5.78 Å². The van der Waals surface area contributed by atoms with Gasteiger partial charge in [0.15, 0.2) is 5.78 Å². The van der Waals surface area contributed by atoms with E-state index in [9.17, 15) is 14.4 Å². The Hall–Kier alpha value is -4.84. The van der Waals surface area contributed by atoms with Gasteiger partial charge in [0.05, 0.1) is 11.0 Å². The van der Waals surface area contributed by atoms with Crippen molar-refractivity contribution in [2.24, 2.45) is 5.16 Å². The van der Waals surface area contributed by atoms with Gasteiger partial charge in [0.25, 0.3) is 0 Å². The Balaban J connectivity index is 1.57. The van der Waals surface area contributed by atoms with E-state index in [0.717, 1.165) is 49.7 Å². The quantitative estimate of drug-likeness (QED) is 0.105. The number of hydrogen-bond donors (Lipinski definition) is 0. The summed E-state index contributed by atoms with van der Waals surface area (Å²) in [6.07, 6.45) is 0. The highest BCUT2D eigenvalue weighted by molar-refractivity contribution is 6.45. The summed E-state index contributed by atoms with van der Waals surface area (Å²) >= 11 is 0. The van der Waals surface area contributed by atoms with Gasteiger partial charge in [-0.25, -0.2) is 4.79 Å². The van der Waals surface area contributed by atoms with Crippen LogP contribution < -0.4 is 0 Å². The van der Waals surface area contributed by atoms with Gasteiger partial charge >= 0.3 is 5.97 Å². The molecule has 194 valence electrons. The topological polar surface area (TPSA) is 77.7 Å². The first kappa shape index (κ1) is 25.8. The predicted molar refractivity (Wildman–Crippen MR) is 154 cm³/mol. The van der Waals surface area contributed by atoms with E-state index in [0.29, 0.717) is 11.1 Å². The number of benzene rings is 4. The monoisotopic (exact) mass is 516 g/mol. The molecule has 0 atom stereocenters. The minimum Gasteiger partial charge on any atom is -0.318 e. The maximum Gasteiger partial charge on any atom is 0.331 e. The molecule has 0 radical (unpaired) electrons. The minimum atomic E-state index is -0.586. The molecular formula is C33H28N2O4. The molecule has 6 heteroatoms. The van der Waals surface area contributed by atoms with Crippen molar-refractivity contribution < 1.29 is 19.2 Å². The molecule has 1 heterocycles. The third-order valence-corrected chi connectivity index (χ3v) is 6.87. The molecular weight excluding hydrogens is 488 g/mol. The van der Waals surface area contributed by atoms with Crippen LogP contribution in [0, 0.1) is 20.8 Å². The van der Waals surface area contributed by atoms with Crippen LogP contribution in [-0.2, 0) is 9.63 Å². The van der Waals surface area contributed by atoms with Crippen molar-refractivity contribution in [3.63, 3.8) is 0 Å². The van der Waals surface area contributed by atoms with Crippen LogP contribution in [0.25, 0.3) is 27.5 Å². The number of Topliss-reactive ketones (excluding diaryl/α,β-unsaturated/α-hetero) is 1. The molecule has 0 spiro atoms. The van der Waals surface area contributed by atoms with Gasteiger partial charge in [-0.3, -0.25) is 9.59 Å². The van der Waals surface area contributed by atoms with E-state index in [4.69, 9.17) is 0 Å². The van der Waals surface area contributed by atoms with Crippen molar-refractivity contribution in [2.45, 2.75) is 34.6 Å². The molecule has 39 heavy (non-hydrogen) atoms. The second kappa shape index (κ2) is 10.1. The summed E-state index contributed by atoms with van der Waals surface area (Å²) in [7, 11) is 0. The number of para-hydroxylation sites is 1. The maximum atomic E-state index is 13.4. The SMILES string of the molecule is CC(=O)ON=C(C)C(=O)c1ccc2c(c1)c1ccccc1n2-c1ccc(C(=O)c2c(C)cc(C)cc2C)cc1. The van der Waals surface area contributed by atoms with Gasteiger partial charge < -0.3 is 9.40 Å². The van der Waals surface area contributed by atoms with Gasteiger partial charge in [-0.15, -0.1) is 0 Å². The van der Waals surface area contributed by atoms with Crippen molar-refractivity contribution in [1.29, 1.82) is 0 Å². The van der Waals surface area contributed by atoms with Crippen LogP contribution >= 0.6 is 0 Å². The molecule has 0 aliphatic rings. The van der Waals surface area contributed by atoms with Gasteiger partial charge in [-0.2, -0.15) is 0 Å². The van der Waals surface area contributed by atoms with Crippen molar-refractivity contribution in [3.8, 4) is 5.69 Å². The largest absolute Gasteiger partial charge is 0.331 e. The van der Waals surface area contributed by atoms with Crippen LogP contribution in [0.4, 0.5) is 0 Å². The van der Waals surface area contributed by atoms with E-state index in [-0.39, 0.29) is 17.3 Å². The Morgan fingerprint density at radius 3 is 2.00 bits per heavy atom. The van der Waals surface area contributed by atoms with E-state index in [1.807, 2.05) is 93.6 Å². The number of ketones is 2. The molecule has 0 saturated heterocycles. The lowest BCUT2D eigenvalue weighted by Crippen LogP contribution is -2.11. The van der Waals surface area contributed by atoms with Gasteiger partial charge in [-0.05, 0) is 87.4 Å². The zero-order chi connectivity index (χ0) is 27.8. The number of fused-ring (bicyclic) bond motifs is 3. The zero-order valence-electron chi connectivity index (χ0n) is 22.5. The first-order valence-electron chi connectivity index (χ1n) is 12.7. The molecule has 0 fully saturated rings. The Morgan fingerprint density at radius 2 is 1.33 bits per heavy atom. The Kier molecular flexibility index (Phi) is 6.71. The lowest BCUT2D eigenvalue weighted by atomic mass is 9.93. The molecule has 1 aromatic heterocycles. The van der Waals surface area contributed by atoms with E-state index in [1.165, 1.54) is 13.8 Å². The summed E-state index contributed by atoms with van der Waals surface area (Å²) < 4.78 is 2.12. The molecule has 0 aliphatic carbocycles. The van der Waals surface area contributed by atoms with Gasteiger partial charge in [0.1, 0.15) is 5.71 Å². The van der Waals surface area contributed by atoms with Crippen molar-refractivity contribution in [1.82, 2.24) is 4.57 Å². The molecule has 0 saturated carbocycles. The van der Waals surface area contributed by atoms with Crippen LogP contribution in [0.15, 0.2) is 84.0 Å². The first-order chi connectivity index (χ1) is 18.7. The standard InChI is InChI=1S/C33H28N2O4/c1-19-16-20(2)31(21(3)17-19)33(38)24-10-13-26(14-11-24)35-29-9-7-6-8-27(29)28-18-25(12-15-30(28)35)32(37)22(4)34-39-23(5)36/h6-18H,1-5H3. The van der Waals surface area contributed by atoms with Crippen LogP contribution in [0.1, 0.15) is 56.8 Å². The number of aromatic nitrogens is 1. The number of nitrogens with zero attached hydrogens (tertiary/aromatic N) is 2. The second-order valence-corrected chi connectivity index (χ2v) is 9.82. The number of carbonyl (C=O) groups is 3. The number of aryl methyl sites for hydroxylation is 3. The van der Waals surface area contributed by atoms with Crippen molar-refractivity contribution in [2.75, 3.05) is 0 Å². The lowest BCUT2D eigenvalue weighted by molar-refractivity contribution is -0.140. The lowest BCUT2D eigenvalue weighted by Gasteiger charge is -2.12. The third-order valence-electron chi connectivity index (χ3n) is 6.87. The van der Waals surface area contributed by atoms with Crippen LogP contribution in [0.2, 0.25) is 0 Å². The average Bonchev–Trinajstić information content (AvgIpc) is 3.24. The zero-order valence-corrected chi connectivity index (χ0v) is 22.5. The fraction of sp³-hybridized carbons (Fsp3) is 0.152. The first-order valence-corrected chi connectivity index (χ1v) is 12.7. The molecule has 0 aliphatic heterocycles. The Labute approximate surface area is 226 Å². The second-order valence-electron chi connectivity index (χ2n) is 9.82. The van der Waals surface area contributed by atoms with Gasteiger partial charge in [-0.1, -0.05) is 41.1 Å². The van der Waals surface area contributed by atoms with E-state index in [1.54, 1.807) is 6.07 Å². The summed E-state index contributed by atoms with van der Waals surface area (Å²) in [5.41, 5.74) is 7.81. The fourth-order valence-corrected chi connectivity index (χ4v) is 5.22. The number of rotatable bonds is 6. The maximum absolute atomic E-state index is 13.4. The number of oxime groups is 1. The highest BCUT2D eigenvalue weighted by Gasteiger charge is 2.18. The number of carbonyl (C=O) groups excluding carboxylic acids is 3. The summed E-state index contributed by atoms with van der Waals surface area (Å²) in [5.74, 6) is -0.898. The molecule has 0 N–H and O–H groups in total. The summed E-state index contributed by atoms with van der Waals surface area (Å²) in [4.78, 5) is 42.0. The summed E-state index contributed by atoms with van der Waals surface area (Å²) in [5, 5.41) is 5.53. The third kappa shape index (κ3) is 4.77.